The van der Waals surface area contributed by atoms with Gasteiger partial charge in [0.05, 0.1) is 0 Å². The van der Waals surface area contributed by atoms with Crippen molar-refractivity contribution in [2.24, 2.45) is 5.14 Å². The van der Waals surface area contributed by atoms with Crippen LogP contribution in [-0.4, -0.2) is 21.5 Å². The number of hydrogen-bond acceptors (Lipinski definition) is 5. The topological polar surface area (TPSA) is 87.2 Å². The first-order valence-electron chi connectivity index (χ1n) is 9.90. The fourth-order valence-corrected chi connectivity index (χ4v) is 5.64. The second kappa shape index (κ2) is 8.23. The van der Waals surface area contributed by atoms with E-state index in [0.29, 0.717) is 5.57 Å². The highest BCUT2D eigenvalue weighted by molar-refractivity contribution is 7.93. The molecule has 30 heavy (non-hydrogen) atoms. The van der Waals surface area contributed by atoms with Crippen LogP contribution in [0.5, 0.6) is 0 Å². The largest absolute Gasteiger partial charge is 0.372 e. The van der Waals surface area contributed by atoms with E-state index in [0.717, 1.165) is 33.8 Å². The number of thiophene rings is 1. The molecule has 0 radical (unpaired) electrons. The van der Waals surface area contributed by atoms with Gasteiger partial charge in [0.1, 0.15) is 6.07 Å². The quantitative estimate of drug-likeness (QED) is 0.575. The first kappa shape index (κ1) is 20.6. The third kappa shape index (κ3) is 4.12. The van der Waals surface area contributed by atoms with Crippen molar-refractivity contribution >= 4 is 43.4 Å². The highest BCUT2D eigenvalue weighted by Crippen LogP contribution is 2.35. The van der Waals surface area contributed by atoms with Crippen molar-refractivity contribution in [2.75, 3.05) is 18.0 Å². The number of anilines is 1. The molecular formula is C23H23N3O2S2. The summed E-state index contributed by atoms with van der Waals surface area (Å²) in [7, 11) is -4.04. The number of rotatable bonds is 4. The summed E-state index contributed by atoms with van der Waals surface area (Å²) >= 11 is 1.45. The van der Waals surface area contributed by atoms with Crippen molar-refractivity contribution in [3.63, 3.8) is 0 Å². The first-order valence-corrected chi connectivity index (χ1v) is 12.3. The Labute approximate surface area is 181 Å². The van der Waals surface area contributed by atoms with Crippen LogP contribution in [0.15, 0.2) is 53.4 Å². The summed E-state index contributed by atoms with van der Waals surface area (Å²) in [5.41, 5.74) is 2.72. The lowest BCUT2D eigenvalue weighted by Crippen LogP contribution is -2.29. The van der Waals surface area contributed by atoms with Gasteiger partial charge in [0.2, 0.25) is 10.0 Å². The zero-order valence-electron chi connectivity index (χ0n) is 16.8. The second-order valence-corrected chi connectivity index (χ2v) is 10.2. The normalized spacial score (nSPS) is 15.7. The average Bonchev–Trinajstić information content (AvgIpc) is 3.23. The lowest BCUT2D eigenvalue weighted by molar-refractivity contribution is 0.578. The maximum Gasteiger partial charge on any atom is 0.248 e. The molecule has 2 heterocycles. The Morgan fingerprint density at radius 1 is 1.03 bits per heavy atom. The minimum absolute atomic E-state index is 0.378. The van der Waals surface area contributed by atoms with Crippen LogP contribution in [0.25, 0.3) is 26.8 Å². The van der Waals surface area contributed by atoms with E-state index in [2.05, 4.69) is 41.3 Å². The monoisotopic (exact) mass is 437 g/mol. The van der Waals surface area contributed by atoms with Gasteiger partial charge in [-0.25, -0.2) is 13.6 Å². The number of sulfonamides is 1. The second-order valence-electron chi connectivity index (χ2n) is 7.57. The van der Waals surface area contributed by atoms with Crippen molar-refractivity contribution in [3.8, 4) is 16.5 Å². The number of primary sulfonamides is 1. The van der Waals surface area contributed by atoms with E-state index in [1.54, 1.807) is 13.0 Å². The maximum atomic E-state index is 11.6. The van der Waals surface area contributed by atoms with Gasteiger partial charge < -0.3 is 4.90 Å². The van der Waals surface area contributed by atoms with Gasteiger partial charge in [0.15, 0.2) is 4.91 Å². The van der Waals surface area contributed by atoms with Crippen LogP contribution in [0, 0.1) is 11.3 Å². The van der Waals surface area contributed by atoms with Gasteiger partial charge in [-0.05, 0) is 78.4 Å². The summed E-state index contributed by atoms with van der Waals surface area (Å²) in [4.78, 5) is 3.80. The van der Waals surface area contributed by atoms with Crippen LogP contribution in [-0.2, 0) is 10.0 Å². The Bertz CT molecular complexity index is 1280. The van der Waals surface area contributed by atoms with Crippen LogP contribution in [0.1, 0.15) is 31.1 Å². The predicted octanol–water partition coefficient (Wildman–Crippen LogP) is 5.10. The van der Waals surface area contributed by atoms with Crippen molar-refractivity contribution in [1.82, 2.24) is 0 Å². The minimum Gasteiger partial charge on any atom is -0.372 e. The van der Waals surface area contributed by atoms with E-state index in [-0.39, 0.29) is 4.91 Å². The molecule has 5 nitrogen and oxygen atoms in total. The Kier molecular flexibility index (Phi) is 5.65. The number of hydrogen-bond donors (Lipinski definition) is 1. The molecule has 0 amide bonds. The molecule has 1 fully saturated rings. The molecule has 1 aliphatic heterocycles. The van der Waals surface area contributed by atoms with Gasteiger partial charge in [0.25, 0.3) is 0 Å². The van der Waals surface area contributed by atoms with Crippen molar-refractivity contribution in [2.45, 2.75) is 26.2 Å². The van der Waals surface area contributed by atoms with Crippen LogP contribution < -0.4 is 10.0 Å². The van der Waals surface area contributed by atoms with Gasteiger partial charge in [-0.1, -0.05) is 18.2 Å². The van der Waals surface area contributed by atoms with Gasteiger partial charge in [-0.15, -0.1) is 11.3 Å². The smallest absolute Gasteiger partial charge is 0.248 e. The number of benzene rings is 2. The highest BCUT2D eigenvalue weighted by Gasteiger charge is 2.18. The van der Waals surface area contributed by atoms with Crippen molar-refractivity contribution in [3.05, 3.63) is 58.3 Å². The maximum absolute atomic E-state index is 11.6. The van der Waals surface area contributed by atoms with E-state index in [9.17, 15) is 13.7 Å². The zero-order valence-corrected chi connectivity index (χ0v) is 18.4. The summed E-state index contributed by atoms with van der Waals surface area (Å²) in [5.74, 6) is 0. The zero-order chi connectivity index (χ0) is 21.3. The van der Waals surface area contributed by atoms with E-state index < -0.39 is 10.0 Å². The molecule has 154 valence electrons. The number of nitrogens with two attached hydrogens (primary N) is 1. The Morgan fingerprint density at radius 2 is 1.73 bits per heavy atom. The van der Waals surface area contributed by atoms with Crippen molar-refractivity contribution < 1.29 is 8.42 Å². The molecule has 7 heteroatoms. The Balaban J connectivity index is 1.66. The van der Waals surface area contributed by atoms with Crippen LogP contribution in [0.3, 0.4) is 0 Å². The van der Waals surface area contributed by atoms with Crippen LogP contribution in [0.2, 0.25) is 0 Å². The molecule has 2 N–H and O–H groups in total. The molecule has 0 atom stereocenters. The summed E-state index contributed by atoms with van der Waals surface area (Å²) in [5, 5.41) is 16.7. The van der Waals surface area contributed by atoms with Crippen LogP contribution >= 0.6 is 11.3 Å². The molecule has 0 unspecified atom stereocenters. The molecule has 2 aromatic carbocycles. The number of nitrogens with zero attached hydrogens (tertiary/aromatic N) is 2. The molecule has 4 rings (SSSR count). The molecule has 1 aromatic heterocycles. The van der Waals surface area contributed by atoms with Crippen molar-refractivity contribution in [1.29, 1.82) is 5.26 Å². The standard InChI is InChI=1S/C23H23N3O2S2/c1-16(23(15-24)30(25,27)28)21-9-10-22(29-21)19-6-5-18-14-20(8-7-17(18)13-19)26-11-3-2-4-12-26/h5-10,13-14H,2-4,11-12H2,1H3,(H2,25,27,28)/b23-16+. The lowest BCUT2D eigenvalue weighted by atomic mass is 10.0. The first-order chi connectivity index (χ1) is 14.4. The molecule has 1 aliphatic rings. The minimum atomic E-state index is -4.04. The van der Waals surface area contributed by atoms with Crippen LogP contribution in [0.4, 0.5) is 5.69 Å². The molecule has 3 aromatic rings. The average molecular weight is 438 g/mol. The fourth-order valence-electron chi connectivity index (χ4n) is 3.90. The number of nitriles is 1. The predicted molar refractivity (Wildman–Crippen MR) is 125 cm³/mol. The molecular weight excluding hydrogens is 414 g/mol. The fraction of sp³-hybridized carbons (Fsp3) is 0.261. The summed E-state index contributed by atoms with van der Waals surface area (Å²) in [6, 6.07) is 18.5. The summed E-state index contributed by atoms with van der Waals surface area (Å²) < 4.78 is 23.3. The summed E-state index contributed by atoms with van der Waals surface area (Å²) in [6.45, 7) is 3.86. The Morgan fingerprint density at radius 3 is 2.43 bits per heavy atom. The third-order valence-corrected chi connectivity index (χ3v) is 7.75. The lowest BCUT2D eigenvalue weighted by Gasteiger charge is -2.29. The van der Waals surface area contributed by atoms with Gasteiger partial charge in [0, 0.05) is 28.5 Å². The Hall–Kier alpha value is -2.66. The third-order valence-electron chi connectivity index (χ3n) is 5.53. The number of fused-ring (bicyclic) bond motifs is 1. The highest BCUT2D eigenvalue weighted by atomic mass is 32.2. The molecule has 0 saturated carbocycles. The van der Waals surface area contributed by atoms with E-state index in [1.807, 2.05) is 12.1 Å². The van der Waals surface area contributed by atoms with Gasteiger partial charge >= 0.3 is 0 Å². The SMILES string of the molecule is C/C(=C(/C#N)S(N)(=O)=O)c1ccc(-c2ccc3cc(N4CCCCC4)ccc3c2)s1. The van der Waals surface area contributed by atoms with Gasteiger partial charge in [-0.2, -0.15) is 5.26 Å². The van der Waals surface area contributed by atoms with E-state index in [4.69, 9.17) is 5.14 Å². The number of piperidine rings is 1. The summed E-state index contributed by atoms with van der Waals surface area (Å²) in [6.07, 6.45) is 3.83. The number of allylic oxidation sites excluding steroid dienone is 2. The van der Waals surface area contributed by atoms with E-state index in [1.165, 1.54) is 41.7 Å². The molecule has 0 bridgehead atoms. The molecule has 0 aliphatic carbocycles. The molecule has 1 saturated heterocycles. The van der Waals surface area contributed by atoms with Gasteiger partial charge in [-0.3, -0.25) is 0 Å². The molecule has 0 spiro atoms. The van der Waals surface area contributed by atoms with E-state index >= 15 is 0 Å².